The predicted octanol–water partition coefficient (Wildman–Crippen LogP) is 1.58. The number of amides is 1. The summed E-state index contributed by atoms with van der Waals surface area (Å²) in [6.07, 6.45) is 0. The molecular weight excluding hydrogens is 255 g/mol. The van der Waals surface area contributed by atoms with E-state index >= 15 is 0 Å². The van der Waals surface area contributed by atoms with Gasteiger partial charge < -0.3 is 10.0 Å². The molecule has 19 heavy (non-hydrogen) atoms. The molecular formula is C12H15FN2O4. The number of aliphatic hydroxyl groups is 1. The van der Waals surface area contributed by atoms with E-state index in [2.05, 4.69) is 0 Å². The highest BCUT2D eigenvalue weighted by Gasteiger charge is 2.26. The van der Waals surface area contributed by atoms with Crippen LogP contribution >= 0.6 is 0 Å². The molecule has 1 N–H and O–H groups in total. The van der Waals surface area contributed by atoms with Gasteiger partial charge in [-0.25, -0.2) is 4.39 Å². The maximum atomic E-state index is 13.0. The van der Waals surface area contributed by atoms with E-state index in [1.807, 2.05) is 0 Å². The molecule has 0 heterocycles. The number of aliphatic hydroxyl groups excluding tert-OH is 1. The van der Waals surface area contributed by atoms with Gasteiger partial charge in [0.25, 0.3) is 11.6 Å². The average molecular weight is 270 g/mol. The lowest BCUT2D eigenvalue weighted by molar-refractivity contribution is -0.385. The maximum Gasteiger partial charge on any atom is 0.285 e. The van der Waals surface area contributed by atoms with Crippen molar-refractivity contribution in [2.45, 2.75) is 19.9 Å². The second-order valence-electron chi connectivity index (χ2n) is 4.23. The summed E-state index contributed by atoms with van der Waals surface area (Å²) in [5.74, 6) is -1.38. The number of hydrogen-bond donors (Lipinski definition) is 1. The maximum absolute atomic E-state index is 13.0. The highest BCUT2D eigenvalue weighted by Crippen LogP contribution is 2.22. The van der Waals surface area contributed by atoms with Crippen molar-refractivity contribution < 1.29 is 19.2 Å². The van der Waals surface area contributed by atoms with Crippen molar-refractivity contribution in [2.24, 2.45) is 0 Å². The van der Waals surface area contributed by atoms with Crippen LogP contribution in [0.3, 0.4) is 0 Å². The van der Waals surface area contributed by atoms with Crippen LogP contribution in [0.25, 0.3) is 0 Å². The van der Waals surface area contributed by atoms with E-state index in [0.29, 0.717) is 6.07 Å². The van der Waals surface area contributed by atoms with Gasteiger partial charge in [0.15, 0.2) is 0 Å². The molecule has 0 aromatic heterocycles. The molecule has 0 radical (unpaired) electrons. The number of nitrogens with zero attached hydrogens (tertiary/aromatic N) is 2. The van der Waals surface area contributed by atoms with Crippen molar-refractivity contribution in [1.82, 2.24) is 4.90 Å². The molecule has 0 saturated heterocycles. The van der Waals surface area contributed by atoms with Gasteiger partial charge in [-0.3, -0.25) is 14.9 Å². The molecule has 0 fully saturated rings. The Balaban J connectivity index is 3.21. The van der Waals surface area contributed by atoms with E-state index in [4.69, 9.17) is 5.11 Å². The molecule has 104 valence electrons. The molecule has 1 aromatic carbocycles. The largest absolute Gasteiger partial charge is 0.395 e. The zero-order chi connectivity index (χ0) is 14.6. The van der Waals surface area contributed by atoms with Crippen molar-refractivity contribution in [3.8, 4) is 0 Å². The van der Waals surface area contributed by atoms with Gasteiger partial charge in [0.2, 0.25) is 0 Å². The number of nitro groups is 1. The van der Waals surface area contributed by atoms with Crippen LogP contribution < -0.4 is 0 Å². The number of carbonyl (C=O) groups excluding carboxylic acids is 1. The number of nitro benzene ring substituents is 1. The number of carbonyl (C=O) groups is 1. The molecule has 0 unspecified atom stereocenters. The first kappa shape index (κ1) is 15.0. The minimum Gasteiger partial charge on any atom is -0.395 e. The van der Waals surface area contributed by atoms with Crippen LogP contribution in [-0.4, -0.2) is 40.0 Å². The Morgan fingerprint density at radius 1 is 1.53 bits per heavy atom. The lowest BCUT2D eigenvalue weighted by atomic mass is 10.1. The van der Waals surface area contributed by atoms with Gasteiger partial charge in [0.1, 0.15) is 11.4 Å². The van der Waals surface area contributed by atoms with E-state index < -0.39 is 22.3 Å². The summed E-state index contributed by atoms with van der Waals surface area (Å²) < 4.78 is 13.0. The first-order valence-electron chi connectivity index (χ1n) is 5.74. The van der Waals surface area contributed by atoms with Crippen molar-refractivity contribution in [2.75, 3.05) is 13.2 Å². The van der Waals surface area contributed by atoms with Crippen LogP contribution in [0, 0.1) is 15.9 Å². The topological polar surface area (TPSA) is 83.7 Å². The Morgan fingerprint density at radius 3 is 2.63 bits per heavy atom. The zero-order valence-corrected chi connectivity index (χ0v) is 10.7. The van der Waals surface area contributed by atoms with Crippen molar-refractivity contribution in [3.63, 3.8) is 0 Å². The number of hydrogen-bond acceptors (Lipinski definition) is 4. The third-order valence-electron chi connectivity index (χ3n) is 2.61. The van der Waals surface area contributed by atoms with Crippen LogP contribution in [0.2, 0.25) is 0 Å². The van der Waals surface area contributed by atoms with Gasteiger partial charge in [0.05, 0.1) is 17.6 Å². The van der Waals surface area contributed by atoms with Gasteiger partial charge in [-0.1, -0.05) is 0 Å². The fourth-order valence-electron chi connectivity index (χ4n) is 1.69. The van der Waals surface area contributed by atoms with Crippen molar-refractivity contribution >= 4 is 11.6 Å². The minimum absolute atomic E-state index is 0.0605. The number of benzene rings is 1. The Kier molecular flexibility index (Phi) is 4.94. The van der Waals surface area contributed by atoms with Gasteiger partial charge in [-0.05, 0) is 26.0 Å². The monoisotopic (exact) mass is 270 g/mol. The first-order valence-corrected chi connectivity index (χ1v) is 5.74. The highest BCUT2D eigenvalue weighted by atomic mass is 19.1. The smallest absolute Gasteiger partial charge is 0.285 e. The van der Waals surface area contributed by atoms with Crippen LogP contribution in [0.5, 0.6) is 0 Å². The molecule has 6 nitrogen and oxygen atoms in total. The van der Waals surface area contributed by atoms with E-state index in [9.17, 15) is 19.3 Å². The SMILES string of the molecule is CC(C)N(CCO)C(=O)c1ccc(F)cc1[N+](=O)[O-]. The summed E-state index contributed by atoms with van der Waals surface area (Å²) in [7, 11) is 0. The summed E-state index contributed by atoms with van der Waals surface area (Å²) in [5.41, 5.74) is -0.762. The third-order valence-corrected chi connectivity index (χ3v) is 2.61. The average Bonchev–Trinajstić information content (AvgIpc) is 2.34. The van der Waals surface area contributed by atoms with E-state index in [1.54, 1.807) is 13.8 Å². The van der Waals surface area contributed by atoms with Crippen LogP contribution in [0.1, 0.15) is 24.2 Å². The second kappa shape index (κ2) is 6.24. The van der Waals surface area contributed by atoms with Crippen LogP contribution in [-0.2, 0) is 0 Å². The number of rotatable bonds is 5. The minimum atomic E-state index is -0.798. The number of halogens is 1. The standard InChI is InChI=1S/C12H15FN2O4/c1-8(2)14(5-6-16)12(17)10-4-3-9(13)7-11(10)15(18)19/h3-4,7-8,16H,5-6H2,1-2H3. The summed E-state index contributed by atoms with van der Waals surface area (Å²) in [6, 6.07) is 2.56. The lowest BCUT2D eigenvalue weighted by Gasteiger charge is -2.25. The predicted molar refractivity (Wildman–Crippen MR) is 66.3 cm³/mol. The van der Waals surface area contributed by atoms with Gasteiger partial charge >= 0.3 is 0 Å². The molecule has 7 heteroatoms. The Bertz CT molecular complexity index is 491. The molecule has 1 amide bonds. The Hall–Kier alpha value is -2.02. The zero-order valence-electron chi connectivity index (χ0n) is 10.7. The molecule has 0 atom stereocenters. The lowest BCUT2D eigenvalue weighted by Crippen LogP contribution is -2.39. The molecule has 0 bridgehead atoms. The summed E-state index contributed by atoms with van der Waals surface area (Å²) in [5, 5.41) is 19.8. The molecule has 0 aliphatic heterocycles. The van der Waals surface area contributed by atoms with Crippen molar-refractivity contribution in [1.29, 1.82) is 0 Å². The summed E-state index contributed by atoms with van der Waals surface area (Å²) >= 11 is 0. The third kappa shape index (κ3) is 3.47. The highest BCUT2D eigenvalue weighted by molar-refractivity contribution is 5.98. The summed E-state index contributed by atoms with van der Waals surface area (Å²) in [4.78, 5) is 23.5. The van der Waals surface area contributed by atoms with Crippen molar-refractivity contribution in [3.05, 3.63) is 39.7 Å². The fraction of sp³-hybridized carbons (Fsp3) is 0.417. The molecule has 0 aliphatic rings. The Labute approximate surface area is 109 Å². The molecule has 0 aliphatic carbocycles. The summed E-state index contributed by atoms with van der Waals surface area (Å²) in [6.45, 7) is 3.26. The second-order valence-corrected chi connectivity index (χ2v) is 4.23. The van der Waals surface area contributed by atoms with E-state index in [0.717, 1.165) is 12.1 Å². The fourth-order valence-corrected chi connectivity index (χ4v) is 1.69. The van der Waals surface area contributed by atoms with Crippen LogP contribution in [0.15, 0.2) is 18.2 Å². The van der Waals surface area contributed by atoms with Gasteiger partial charge in [0, 0.05) is 12.6 Å². The van der Waals surface area contributed by atoms with E-state index in [-0.39, 0.29) is 24.8 Å². The first-order chi connectivity index (χ1) is 8.88. The molecule has 0 saturated carbocycles. The van der Waals surface area contributed by atoms with E-state index in [1.165, 1.54) is 4.90 Å². The molecule has 0 spiro atoms. The van der Waals surface area contributed by atoms with Gasteiger partial charge in [-0.15, -0.1) is 0 Å². The Morgan fingerprint density at radius 2 is 2.16 bits per heavy atom. The quantitative estimate of drug-likeness (QED) is 0.650. The van der Waals surface area contributed by atoms with Gasteiger partial charge in [-0.2, -0.15) is 0 Å². The molecule has 1 rings (SSSR count). The van der Waals surface area contributed by atoms with Crippen LogP contribution in [0.4, 0.5) is 10.1 Å². The molecule has 1 aromatic rings. The normalized spacial score (nSPS) is 10.6.